The van der Waals surface area contributed by atoms with E-state index >= 15 is 0 Å². The van der Waals surface area contributed by atoms with Crippen molar-refractivity contribution in [2.45, 2.75) is 225 Å². The predicted octanol–water partition coefficient (Wildman–Crippen LogP) is 13.6. The van der Waals surface area contributed by atoms with Crippen molar-refractivity contribution in [1.29, 1.82) is 0 Å². The van der Waals surface area contributed by atoms with E-state index in [1.165, 1.54) is 122 Å². The number of allylic oxidation sites excluding steroid dienone is 6. The second-order valence-electron chi connectivity index (χ2n) is 14.4. The van der Waals surface area contributed by atoms with Gasteiger partial charge in [0, 0.05) is 12.8 Å². The van der Waals surface area contributed by atoms with Gasteiger partial charge in [0.25, 0.3) is 0 Å². The Morgan fingerprint density at radius 1 is 0.480 bits per heavy atom. The lowest BCUT2D eigenvalue weighted by molar-refractivity contribution is -0.161. The molecule has 0 bridgehead atoms. The van der Waals surface area contributed by atoms with Crippen LogP contribution in [0.5, 0.6) is 0 Å². The van der Waals surface area contributed by atoms with Crippen LogP contribution in [-0.2, 0) is 19.1 Å². The van der Waals surface area contributed by atoms with Crippen molar-refractivity contribution < 1.29 is 24.2 Å². The highest BCUT2D eigenvalue weighted by Crippen LogP contribution is 2.16. The topological polar surface area (TPSA) is 72.8 Å². The largest absolute Gasteiger partial charge is 0.462 e. The molecule has 0 spiro atoms. The molecular formula is C45H82O5. The number of carbonyl (C=O) groups excluding carboxylic acids is 2. The first-order valence-corrected chi connectivity index (χ1v) is 21.5. The molecule has 0 rings (SSSR count). The van der Waals surface area contributed by atoms with Crippen molar-refractivity contribution in [3.8, 4) is 0 Å². The van der Waals surface area contributed by atoms with Crippen LogP contribution in [0.3, 0.4) is 0 Å². The number of ether oxygens (including phenoxy) is 2. The third kappa shape index (κ3) is 38.9. The maximum atomic E-state index is 12.2. The molecule has 1 N–H and O–H groups in total. The Balaban J connectivity index is 3.50. The van der Waals surface area contributed by atoms with Gasteiger partial charge < -0.3 is 14.6 Å². The molecule has 5 nitrogen and oxygen atoms in total. The average molecular weight is 703 g/mol. The average Bonchev–Trinajstić information content (AvgIpc) is 3.12. The molecule has 0 saturated carbocycles. The molecule has 0 aromatic rings. The van der Waals surface area contributed by atoms with Gasteiger partial charge in [-0.15, -0.1) is 0 Å². The summed E-state index contributed by atoms with van der Waals surface area (Å²) in [5, 5.41) is 9.57. The number of hydrogen-bond acceptors (Lipinski definition) is 5. The maximum Gasteiger partial charge on any atom is 0.306 e. The molecule has 5 heteroatoms. The summed E-state index contributed by atoms with van der Waals surface area (Å²) in [6.45, 7) is 4.03. The number of aliphatic hydroxyl groups is 1. The molecule has 0 fully saturated rings. The van der Waals surface area contributed by atoms with Gasteiger partial charge in [-0.3, -0.25) is 9.59 Å². The second kappa shape index (κ2) is 41.5. The van der Waals surface area contributed by atoms with E-state index in [0.717, 1.165) is 70.6 Å². The Labute approximate surface area is 310 Å². The molecule has 50 heavy (non-hydrogen) atoms. The quantitative estimate of drug-likeness (QED) is 0.0392. The van der Waals surface area contributed by atoms with Crippen molar-refractivity contribution in [3.63, 3.8) is 0 Å². The standard InChI is InChI=1S/C45H82O5/c1-3-5-7-9-11-13-15-17-19-20-21-22-23-24-26-27-29-31-33-35-37-39-44(47)49-42-43(41-46)50-45(48)40-38-36-34-32-30-28-25-18-16-14-12-10-8-6-4-2/h6,8,12,14,18,25,43,46H,3-5,7,9-11,13,15-17,19-24,26-42H2,1-2H3/b8-6+,14-12+,25-18+/t43-/m0/s1. The van der Waals surface area contributed by atoms with Crippen LogP contribution in [0.4, 0.5) is 0 Å². The van der Waals surface area contributed by atoms with E-state index in [0.29, 0.717) is 12.8 Å². The first kappa shape index (κ1) is 48.1. The Morgan fingerprint density at radius 3 is 1.30 bits per heavy atom. The van der Waals surface area contributed by atoms with Crippen LogP contribution in [-0.4, -0.2) is 36.4 Å². The van der Waals surface area contributed by atoms with Gasteiger partial charge in [0.2, 0.25) is 0 Å². The van der Waals surface area contributed by atoms with Crippen LogP contribution in [0.25, 0.3) is 0 Å². The van der Waals surface area contributed by atoms with E-state index in [1.807, 2.05) is 0 Å². The van der Waals surface area contributed by atoms with Crippen molar-refractivity contribution in [1.82, 2.24) is 0 Å². The molecule has 0 aromatic carbocycles. The minimum atomic E-state index is -0.777. The Kier molecular flexibility index (Phi) is 40.0. The van der Waals surface area contributed by atoms with Crippen LogP contribution in [0, 0.1) is 0 Å². The van der Waals surface area contributed by atoms with Gasteiger partial charge in [0.1, 0.15) is 6.61 Å². The summed E-state index contributed by atoms with van der Waals surface area (Å²) in [7, 11) is 0. The zero-order valence-corrected chi connectivity index (χ0v) is 33.2. The van der Waals surface area contributed by atoms with Gasteiger partial charge in [-0.1, -0.05) is 198 Å². The van der Waals surface area contributed by atoms with E-state index in [1.54, 1.807) is 0 Å². The molecule has 0 aliphatic carbocycles. The number of hydrogen-bond donors (Lipinski definition) is 1. The SMILES string of the molecule is CC/C=C/C/C=C/C/C=C/CCCCCCCC(=O)O[C@@H](CO)COC(=O)CCCCCCCCCCCCCCCCCCCCCCC. The van der Waals surface area contributed by atoms with Gasteiger partial charge >= 0.3 is 11.9 Å². The molecule has 0 radical (unpaired) electrons. The minimum Gasteiger partial charge on any atom is -0.462 e. The Hall–Kier alpha value is -1.88. The molecule has 0 aliphatic heterocycles. The fourth-order valence-corrected chi connectivity index (χ4v) is 6.22. The number of carbonyl (C=O) groups is 2. The Bertz CT molecular complexity index is 801. The minimum absolute atomic E-state index is 0.0699. The van der Waals surface area contributed by atoms with Gasteiger partial charge in [-0.25, -0.2) is 0 Å². The lowest BCUT2D eigenvalue weighted by Crippen LogP contribution is -2.28. The van der Waals surface area contributed by atoms with Crippen LogP contribution < -0.4 is 0 Å². The van der Waals surface area contributed by atoms with E-state index in [-0.39, 0.29) is 25.2 Å². The van der Waals surface area contributed by atoms with E-state index in [4.69, 9.17) is 9.47 Å². The smallest absolute Gasteiger partial charge is 0.306 e. The predicted molar refractivity (Wildman–Crippen MR) is 214 cm³/mol. The molecule has 0 aromatic heterocycles. The summed E-state index contributed by atoms with van der Waals surface area (Å²) >= 11 is 0. The van der Waals surface area contributed by atoms with Crippen molar-refractivity contribution >= 4 is 11.9 Å². The maximum absolute atomic E-state index is 12.2. The number of esters is 2. The van der Waals surface area contributed by atoms with E-state index < -0.39 is 6.10 Å². The Morgan fingerprint density at radius 2 is 0.860 bits per heavy atom. The lowest BCUT2D eigenvalue weighted by atomic mass is 10.0. The summed E-state index contributed by atoms with van der Waals surface area (Å²) in [6, 6.07) is 0. The molecular weight excluding hydrogens is 620 g/mol. The van der Waals surface area contributed by atoms with Gasteiger partial charge in [-0.05, 0) is 44.9 Å². The summed E-state index contributed by atoms with van der Waals surface area (Å²) in [5.74, 6) is -0.603. The third-order valence-corrected chi connectivity index (χ3v) is 9.45. The fraction of sp³-hybridized carbons (Fsp3) is 0.822. The van der Waals surface area contributed by atoms with Crippen LogP contribution in [0.1, 0.15) is 219 Å². The van der Waals surface area contributed by atoms with E-state index in [2.05, 4.69) is 50.3 Å². The normalized spacial score (nSPS) is 12.5. The summed E-state index contributed by atoms with van der Waals surface area (Å²) in [5.41, 5.74) is 0. The van der Waals surface area contributed by atoms with Crippen molar-refractivity contribution in [2.75, 3.05) is 13.2 Å². The van der Waals surface area contributed by atoms with Crippen molar-refractivity contribution in [3.05, 3.63) is 36.5 Å². The highest BCUT2D eigenvalue weighted by atomic mass is 16.6. The highest BCUT2D eigenvalue weighted by Gasteiger charge is 2.16. The monoisotopic (exact) mass is 703 g/mol. The molecule has 292 valence electrons. The number of unbranched alkanes of at least 4 members (excludes halogenated alkanes) is 25. The third-order valence-electron chi connectivity index (χ3n) is 9.45. The first-order chi connectivity index (χ1) is 24.6. The lowest BCUT2D eigenvalue weighted by Gasteiger charge is -2.15. The molecule has 0 saturated heterocycles. The molecule has 0 aliphatic rings. The fourth-order valence-electron chi connectivity index (χ4n) is 6.22. The molecule has 0 unspecified atom stereocenters. The van der Waals surface area contributed by atoms with Crippen LogP contribution in [0.15, 0.2) is 36.5 Å². The van der Waals surface area contributed by atoms with Gasteiger partial charge in [0.05, 0.1) is 6.61 Å². The highest BCUT2D eigenvalue weighted by molar-refractivity contribution is 5.70. The summed E-state index contributed by atoms with van der Waals surface area (Å²) in [4.78, 5) is 24.3. The first-order valence-electron chi connectivity index (χ1n) is 21.5. The summed E-state index contributed by atoms with van der Waals surface area (Å²) < 4.78 is 10.6. The van der Waals surface area contributed by atoms with Crippen molar-refractivity contribution in [2.24, 2.45) is 0 Å². The summed E-state index contributed by atoms with van der Waals surface area (Å²) in [6.07, 6.45) is 50.8. The number of aliphatic hydroxyl groups excluding tert-OH is 1. The molecule has 1 atom stereocenters. The number of rotatable bonds is 39. The van der Waals surface area contributed by atoms with Gasteiger partial charge in [0.15, 0.2) is 6.10 Å². The van der Waals surface area contributed by atoms with Crippen LogP contribution >= 0.6 is 0 Å². The zero-order chi connectivity index (χ0) is 36.4. The second-order valence-corrected chi connectivity index (χ2v) is 14.4. The zero-order valence-electron chi connectivity index (χ0n) is 33.2. The van der Waals surface area contributed by atoms with E-state index in [9.17, 15) is 14.7 Å². The van der Waals surface area contributed by atoms with Crippen LogP contribution in [0.2, 0.25) is 0 Å². The molecule has 0 amide bonds. The molecule has 0 heterocycles. The van der Waals surface area contributed by atoms with Gasteiger partial charge in [-0.2, -0.15) is 0 Å².